The highest BCUT2D eigenvalue weighted by atomic mass is 79.9. The highest BCUT2D eigenvalue weighted by molar-refractivity contribution is 9.10. The average Bonchev–Trinajstić information content (AvgIpc) is 2.20. The van der Waals surface area contributed by atoms with Gasteiger partial charge in [-0.3, -0.25) is 0 Å². The summed E-state index contributed by atoms with van der Waals surface area (Å²) in [7, 11) is 0. The van der Waals surface area contributed by atoms with Crippen molar-refractivity contribution in [3.05, 3.63) is 34.1 Å². The lowest BCUT2D eigenvalue weighted by atomic mass is 10.2. The number of halogens is 2. The second-order valence-electron chi connectivity index (χ2n) is 3.38. The molecule has 0 heterocycles. The minimum atomic E-state index is -0.229. The van der Waals surface area contributed by atoms with E-state index >= 15 is 0 Å². The smallest absolute Gasteiger partial charge is 0.137 e. The van der Waals surface area contributed by atoms with Crippen LogP contribution in [0.25, 0.3) is 0 Å². The first kappa shape index (κ1) is 13.0. The number of hydrogen-bond donors (Lipinski definition) is 1. The third-order valence-corrected chi connectivity index (χ3v) is 3.97. The Morgan fingerprint density at radius 2 is 2.27 bits per heavy atom. The van der Waals surface area contributed by atoms with Gasteiger partial charge in [-0.15, -0.1) is 0 Å². The largest absolute Gasteiger partial charge is 0.396 e. The highest BCUT2D eigenvalue weighted by Gasteiger charge is 2.04. The molecule has 0 saturated carbocycles. The fourth-order valence-corrected chi connectivity index (χ4v) is 2.49. The van der Waals surface area contributed by atoms with Gasteiger partial charge in [0.15, 0.2) is 0 Å². The van der Waals surface area contributed by atoms with Crippen LogP contribution in [-0.4, -0.2) is 17.0 Å². The molecule has 1 aromatic rings. The molecule has 0 saturated heterocycles. The van der Waals surface area contributed by atoms with Crippen molar-refractivity contribution in [2.75, 3.05) is 6.61 Å². The minimum Gasteiger partial charge on any atom is -0.396 e. The molecule has 1 nitrogen and oxygen atoms in total. The summed E-state index contributed by atoms with van der Waals surface area (Å²) >= 11 is 4.92. The standard InChI is InChI=1S/C11H14BrFOS/c1-8(4-5-14)15-7-9-2-3-11(13)10(12)6-9/h2-3,6,8,14H,4-5,7H2,1H3. The van der Waals surface area contributed by atoms with Crippen LogP contribution < -0.4 is 0 Å². The van der Waals surface area contributed by atoms with Crippen LogP contribution in [0.15, 0.2) is 22.7 Å². The molecule has 0 aromatic heterocycles. The summed E-state index contributed by atoms with van der Waals surface area (Å²) in [6.45, 7) is 2.31. The molecule has 0 radical (unpaired) electrons. The lowest BCUT2D eigenvalue weighted by Gasteiger charge is -2.09. The summed E-state index contributed by atoms with van der Waals surface area (Å²) in [5.74, 6) is 0.618. The Morgan fingerprint density at radius 1 is 1.53 bits per heavy atom. The van der Waals surface area contributed by atoms with Crippen LogP contribution in [-0.2, 0) is 5.75 Å². The maximum atomic E-state index is 12.9. The molecule has 0 fully saturated rings. The number of benzene rings is 1. The lowest BCUT2D eigenvalue weighted by Crippen LogP contribution is -1.99. The fraction of sp³-hybridized carbons (Fsp3) is 0.455. The lowest BCUT2D eigenvalue weighted by molar-refractivity contribution is 0.289. The number of thioether (sulfide) groups is 1. The molecular weight excluding hydrogens is 279 g/mol. The molecule has 1 rings (SSSR count). The molecule has 15 heavy (non-hydrogen) atoms. The zero-order valence-electron chi connectivity index (χ0n) is 8.54. The quantitative estimate of drug-likeness (QED) is 0.895. The van der Waals surface area contributed by atoms with E-state index in [0.29, 0.717) is 9.72 Å². The van der Waals surface area contributed by atoms with Gasteiger partial charge in [-0.1, -0.05) is 13.0 Å². The number of aliphatic hydroxyl groups is 1. The van der Waals surface area contributed by atoms with Gasteiger partial charge in [-0.25, -0.2) is 4.39 Å². The summed E-state index contributed by atoms with van der Waals surface area (Å²) in [5.41, 5.74) is 1.10. The van der Waals surface area contributed by atoms with Crippen LogP contribution in [0.3, 0.4) is 0 Å². The topological polar surface area (TPSA) is 20.2 Å². The summed E-state index contributed by atoms with van der Waals surface area (Å²) < 4.78 is 13.4. The van der Waals surface area contributed by atoms with Crippen molar-refractivity contribution in [2.45, 2.75) is 24.3 Å². The van der Waals surface area contributed by atoms with Crippen LogP contribution in [0.2, 0.25) is 0 Å². The molecular formula is C11H14BrFOS. The molecule has 0 spiro atoms. The van der Waals surface area contributed by atoms with Crippen molar-refractivity contribution in [1.29, 1.82) is 0 Å². The molecule has 0 amide bonds. The van der Waals surface area contributed by atoms with E-state index in [1.165, 1.54) is 6.07 Å². The van der Waals surface area contributed by atoms with Crippen LogP contribution in [0.5, 0.6) is 0 Å². The fourth-order valence-electron chi connectivity index (χ4n) is 1.13. The SMILES string of the molecule is CC(CCO)SCc1ccc(F)c(Br)c1. The second-order valence-corrected chi connectivity index (χ2v) is 5.66. The molecule has 1 N–H and O–H groups in total. The van der Waals surface area contributed by atoms with E-state index in [4.69, 9.17) is 5.11 Å². The van der Waals surface area contributed by atoms with Gasteiger partial charge in [-0.2, -0.15) is 11.8 Å². The molecule has 84 valence electrons. The highest BCUT2D eigenvalue weighted by Crippen LogP contribution is 2.23. The Hall–Kier alpha value is -0.0600. The third-order valence-electron chi connectivity index (χ3n) is 2.05. The average molecular weight is 293 g/mol. The van der Waals surface area contributed by atoms with Gasteiger partial charge >= 0.3 is 0 Å². The summed E-state index contributed by atoms with van der Waals surface area (Å²) in [6, 6.07) is 5.06. The van der Waals surface area contributed by atoms with Crippen molar-refractivity contribution in [2.24, 2.45) is 0 Å². The third kappa shape index (κ3) is 4.53. The first-order valence-corrected chi connectivity index (χ1v) is 6.64. The van der Waals surface area contributed by atoms with E-state index < -0.39 is 0 Å². The first-order chi connectivity index (χ1) is 7.13. The van der Waals surface area contributed by atoms with Gasteiger partial charge in [0, 0.05) is 17.6 Å². The Bertz CT molecular complexity index is 319. The zero-order chi connectivity index (χ0) is 11.3. The van der Waals surface area contributed by atoms with Gasteiger partial charge in [0.2, 0.25) is 0 Å². The molecule has 0 aliphatic rings. The molecule has 1 aromatic carbocycles. The summed E-state index contributed by atoms with van der Waals surface area (Å²) in [5, 5.41) is 9.17. The predicted molar refractivity (Wildman–Crippen MR) is 66.6 cm³/mol. The normalized spacial score (nSPS) is 12.8. The van der Waals surface area contributed by atoms with E-state index in [1.807, 2.05) is 0 Å². The Kier molecular flexibility index (Phi) is 5.64. The maximum Gasteiger partial charge on any atom is 0.137 e. The van der Waals surface area contributed by atoms with Crippen molar-refractivity contribution < 1.29 is 9.50 Å². The Balaban J connectivity index is 2.47. The molecule has 4 heteroatoms. The van der Waals surface area contributed by atoms with Crippen molar-refractivity contribution >= 4 is 27.7 Å². The van der Waals surface area contributed by atoms with Crippen molar-refractivity contribution in [3.63, 3.8) is 0 Å². The minimum absolute atomic E-state index is 0.223. The molecule has 1 atom stereocenters. The number of aliphatic hydroxyl groups excluding tert-OH is 1. The second kappa shape index (κ2) is 6.51. The number of hydrogen-bond acceptors (Lipinski definition) is 2. The van der Waals surface area contributed by atoms with E-state index in [2.05, 4.69) is 22.9 Å². The molecule has 0 aliphatic heterocycles. The van der Waals surface area contributed by atoms with E-state index in [-0.39, 0.29) is 12.4 Å². The van der Waals surface area contributed by atoms with E-state index in [9.17, 15) is 4.39 Å². The zero-order valence-corrected chi connectivity index (χ0v) is 10.9. The van der Waals surface area contributed by atoms with Gasteiger partial charge in [-0.05, 0) is 40.0 Å². The van der Waals surface area contributed by atoms with Crippen LogP contribution >= 0.6 is 27.7 Å². The van der Waals surface area contributed by atoms with E-state index in [0.717, 1.165) is 17.7 Å². The predicted octanol–water partition coefficient (Wildman–Crippen LogP) is 3.59. The van der Waals surface area contributed by atoms with E-state index in [1.54, 1.807) is 23.9 Å². The maximum absolute atomic E-state index is 12.9. The molecule has 0 bridgehead atoms. The number of rotatable bonds is 5. The van der Waals surface area contributed by atoms with Crippen LogP contribution in [0.1, 0.15) is 18.9 Å². The van der Waals surface area contributed by atoms with Crippen molar-refractivity contribution in [3.8, 4) is 0 Å². The summed E-state index contributed by atoms with van der Waals surface area (Å²) in [6.07, 6.45) is 0.799. The van der Waals surface area contributed by atoms with Gasteiger partial charge in [0.25, 0.3) is 0 Å². The first-order valence-electron chi connectivity index (χ1n) is 4.80. The summed E-state index contributed by atoms with van der Waals surface area (Å²) in [4.78, 5) is 0. The molecule has 0 aliphatic carbocycles. The van der Waals surface area contributed by atoms with Crippen molar-refractivity contribution in [1.82, 2.24) is 0 Å². The monoisotopic (exact) mass is 292 g/mol. The van der Waals surface area contributed by atoms with Gasteiger partial charge in [0.05, 0.1) is 4.47 Å². The van der Waals surface area contributed by atoms with Gasteiger partial charge < -0.3 is 5.11 Å². The van der Waals surface area contributed by atoms with Gasteiger partial charge in [0.1, 0.15) is 5.82 Å². The molecule has 1 unspecified atom stereocenters. The Labute approximate surface area is 102 Å². The van der Waals surface area contributed by atoms with Crippen LogP contribution in [0, 0.1) is 5.82 Å². The Morgan fingerprint density at radius 3 is 2.87 bits per heavy atom. The van der Waals surface area contributed by atoms with Crippen LogP contribution in [0.4, 0.5) is 4.39 Å².